The van der Waals surface area contributed by atoms with Gasteiger partial charge < -0.3 is 5.32 Å². The van der Waals surface area contributed by atoms with Gasteiger partial charge in [-0.3, -0.25) is 0 Å². The Morgan fingerprint density at radius 3 is 2.67 bits per heavy atom. The summed E-state index contributed by atoms with van der Waals surface area (Å²) in [6.45, 7) is 0. The number of thiophene rings is 1. The smallest absolute Gasteiger partial charge is 0.323 e. The number of hydrogen-bond donors (Lipinski definition) is 2. The highest BCUT2D eigenvalue weighted by atomic mass is 32.1. The van der Waals surface area contributed by atoms with Gasteiger partial charge in [0.15, 0.2) is 0 Å². The fourth-order valence-corrected chi connectivity index (χ4v) is 2.69. The molecule has 0 aliphatic carbocycles. The maximum absolute atomic E-state index is 11.4. The maximum Gasteiger partial charge on any atom is 0.336 e. The van der Waals surface area contributed by atoms with Crippen molar-refractivity contribution in [2.45, 2.75) is 6.04 Å². The van der Waals surface area contributed by atoms with E-state index in [9.17, 15) is 4.79 Å². The number of carbonyl (C=O) groups is 1. The van der Waals surface area contributed by atoms with Crippen molar-refractivity contribution in [2.75, 3.05) is 0 Å². The lowest BCUT2D eigenvalue weighted by Gasteiger charge is -2.23. The molecule has 0 radical (unpaired) electrons. The molecule has 0 saturated heterocycles. The van der Waals surface area contributed by atoms with Crippen LogP contribution in [0.25, 0.3) is 0 Å². The molecule has 2 amide bonds. The topological polar surface area (TPSA) is 53.5 Å². The lowest BCUT2D eigenvalue weighted by Crippen LogP contribution is -2.44. The third-order valence-electron chi connectivity index (χ3n) is 2.72. The molecule has 4 nitrogen and oxygen atoms in total. The van der Waals surface area contributed by atoms with Gasteiger partial charge >= 0.3 is 6.03 Å². The summed E-state index contributed by atoms with van der Waals surface area (Å²) in [6.07, 6.45) is 0. The van der Waals surface area contributed by atoms with Gasteiger partial charge in [0.25, 0.3) is 0 Å². The highest BCUT2D eigenvalue weighted by Crippen LogP contribution is 2.24. The first-order valence-corrected chi connectivity index (χ1v) is 6.45. The third kappa shape index (κ3) is 2.00. The van der Waals surface area contributed by atoms with Crippen LogP contribution in [0.4, 0.5) is 4.79 Å². The van der Waals surface area contributed by atoms with Crippen molar-refractivity contribution < 1.29 is 4.79 Å². The summed E-state index contributed by atoms with van der Waals surface area (Å²) in [7, 11) is 0. The minimum atomic E-state index is -0.270. The van der Waals surface area contributed by atoms with E-state index in [1.807, 2.05) is 47.8 Å². The van der Waals surface area contributed by atoms with E-state index in [0.717, 1.165) is 16.2 Å². The molecule has 1 unspecified atom stereocenters. The van der Waals surface area contributed by atoms with Gasteiger partial charge in [-0.05, 0) is 11.4 Å². The standard InChI is InChI=1S/C13H11N3OS/c17-13-14-12(10-7-4-8-18-10)11(15-16-13)9-5-2-1-3-6-9/h1-8,12H,(H2,14,16,17). The van der Waals surface area contributed by atoms with Crippen molar-refractivity contribution in [3.63, 3.8) is 0 Å². The van der Waals surface area contributed by atoms with Gasteiger partial charge in [-0.25, -0.2) is 10.2 Å². The van der Waals surface area contributed by atoms with E-state index in [1.54, 1.807) is 11.3 Å². The van der Waals surface area contributed by atoms with E-state index < -0.39 is 0 Å². The molecule has 0 fully saturated rings. The molecule has 1 atom stereocenters. The van der Waals surface area contributed by atoms with Gasteiger partial charge in [0.05, 0.1) is 5.71 Å². The summed E-state index contributed by atoms with van der Waals surface area (Å²) >= 11 is 1.61. The zero-order valence-corrected chi connectivity index (χ0v) is 10.3. The van der Waals surface area contributed by atoms with Gasteiger partial charge in [-0.1, -0.05) is 36.4 Å². The Morgan fingerprint density at radius 1 is 1.11 bits per heavy atom. The van der Waals surface area contributed by atoms with E-state index in [4.69, 9.17) is 0 Å². The maximum atomic E-state index is 11.4. The minimum Gasteiger partial charge on any atom is -0.323 e. The van der Waals surface area contributed by atoms with Crippen LogP contribution in [0, 0.1) is 0 Å². The Labute approximate surface area is 108 Å². The highest BCUT2D eigenvalue weighted by molar-refractivity contribution is 7.10. The van der Waals surface area contributed by atoms with E-state index in [-0.39, 0.29) is 12.1 Å². The molecule has 1 aromatic carbocycles. The molecule has 1 aliphatic heterocycles. The minimum absolute atomic E-state index is 0.179. The number of amides is 2. The fraction of sp³-hybridized carbons (Fsp3) is 0.0769. The second-order valence-corrected chi connectivity index (χ2v) is 4.88. The molecule has 2 aromatic rings. The molecule has 0 spiro atoms. The van der Waals surface area contributed by atoms with Crippen LogP contribution in [0.3, 0.4) is 0 Å². The van der Waals surface area contributed by atoms with Crippen molar-refractivity contribution in [3.8, 4) is 0 Å². The second kappa shape index (κ2) is 4.62. The summed E-state index contributed by atoms with van der Waals surface area (Å²) in [6, 6.07) is 13.4. The number of rotatable bonds is 2. The Balaban J connectivity index is 2.03. The second-order valence-electron chi connectivity index (χ2n) is 3.90. The van der Waals surface area contributed by atoms with Gasteiger partial charge in [0.1, 0.15) is 6.04 Å². The summed E-state index contributed by atoms with van der Waals surface area (Å²) in [5.74, 6) is 0. The molecule has 18 heavy (non-hydrogen) atoms. The van der Waals surface area contributed by atoms with E-state index in [2.05, 4.69) is 15.8 Å². The summed E-state index contributed by atoms with van der Waals surface area (Å²) in [4.78, 5) is 12.5. The van der Waals surface area contributed by atoms with Crippen molar-refractivity contribution in [2.24, 2.45) is 5.10 Å². The predicted octanol–water partition coefficient (Wildman–Crippen LogP) is 2.51. The number of nitrogens with one attached hydrogen (secondary N) is 2. The largest absolute Gasteiger partial charge is 0.336 e. The van der Waals surface area contributed by atoms with E-state index >= 15 is 0 Å². The normalized spacial score (nSPS) is 18.8. The Bertz CT molecular complexity index is 578. The molecule has 2 N–H and O–H groups in total. The van der Waals surface area contributed by atoms with Gasteiger partial charge in [0, 0.05) is 10.4 Å². The number of urea groups is 1. The van der Waals surface area contributed by atoms with Crippen LogP contribution in [0.2, 0.25) is 0 Å². The first-order valence-electron chi connectivity index (χ1n) is 5.57. The summed E-state index contributed by atoms with van der Waals surface area (Å²) < 4.78 is 0. The quantitative estimate of drug-likeness (QED) is 0.853. The summed E-state index contributed by atoms with van der Waals surface area (Å²) in [5, 5.41) is 9.07. The summed E-state index contributed by atoms with van der Waals surface area (Å²) in [5.41, 5.74) is 4.30. The lowest BCUT2D eigenvalue weighted by atomic mass is 10.0. The number of hydrogen-bond acceptors (Lipinski definition) is 3. The van der Waals surface area contributed by atoms with Crippen LogP contribution in [-0.4, -0.2) is 11.7 Å². The van der Waals surface area contributed by atoms with Gasteiger partial charge in [-0.2, -0.15) is 5.10 Å². The first-order chi connectivity index (χ1) is 8.84. The van der Waals surface area contributed by atoms with E-state index in [1.165, 1.54) is 0 Å². The molecule has 1 aliphatic rings. The highest BCUT2D eigenvalue weighted by Gasteiger charge is 2.26. The number of nitrogens with zero attached hydrogens (tertiary/aromatic N) is 1. The number of hydrazone groups is 1. The molecule has 0 bridgehead atoms. The molecule has 1 aromatic heterocycles. The number of carbonyl (C=O) groups excluding carboxylic acids is 1. The van der Waals surface area contributed by atoms with Crippen molar-refractivity contribution in [1.29, 1.82) is 0 Å². The van der Waals surface area contributed by atoms with Crippen molar-refractivity contribution in [1.82, 2.24) is 10.7 Å². The number of benzene rings is 1. The van der Waals surface area contributed by atoms with Gasteiger partial charge in [0.2, 0.25) is 0 Å². The van der Waals surface area contributed by atoms with Crippen LogP contribution < -0.4 is 10.7 Å². The Kier molecular flexibility index (Phi) is 2.82. The van der Waals surface area contributed by atoms with Crippen LogP contribution in [0.5, 0.6) is 0 Å². The van der Waals surface area contributed by atoms with E-state index in [0.29, 0.717) is 0 Å². The van der Waals surface area contributed by atoms with Crippen LogP contribution >= 0.6 is 11.3 Å². The average Bonchev–Trinajstić information content (AvgIpc) is 2.93. The SMILES string of the molecule is O=C1NN=C(c2ccccc2)C(c2cccs2)N1. The molecule has 90 valence electrons. The molecular weight excluding hydrogens is 246 g/mol. The average molecular weight is 257 g/mol. The molecule has 2 heterocycles. The fourth-order valence-electron chi connectivity index (χ4n) is 1.91. The molecule has 0 saturated carbocycles. The monoisotopic (exact) mass is 257 g/mol. The lowest BCUT2D eigenvalue weighted by molar-refractivity contribution is 0.238. The van der Waals surface area contributed by atoms with Crippen LogP contribution in [0.1, 0.15) is 16.5 Å². The Hall–Kier alpha value is -2.14. The van der Waals surface area contributed by atoms with Crippen LogP contribution in [-0.2, 0) is 0 Å². The predicted molar refractivity (Wildman–Crippen MR) is 71.7 cm³/mol. The first kappa shape index (κ1) is 11.0. The van der Waals surface area contributed by atoms with Crippen molar-refractivity contribution in [3.05, 3.63) is 58.3 Å². The van der Waals surface area contributed by atoms with Crippen molar-refractivity contribution >= 4 is 23.1 Å². The molecular formula is C13H11N3OS. The molecule has 3 rings (SSSR count). The molecule has 5 heteroatoms. The van der Waals surface area contributed by atoms with Gasteiger partial charge in [-0.15, -0.1) is 11.3 Å². The Morgan fingerprint density at radius 2 is 1.94 bits per heavy atom. The zero-order valence-electron chi connectivity index (χ0n) is 9.46. The third-order valence-corrected chi connectivity index (χ3v) is 3.66. The zero-order chi connectivity index (χ0) is 12.4. The van der Waals surface area contributed by atoms with Crippen LogP contribution in [0.15, 0.2) is 52.9 Å².